The molecule has 1 unspecified atom stereocenters. The largest absolute Gasteiger partial charge is 0.356 e. The zero-order valence-electron chi connectivity index (χ0n) is 10.8. The molecule has 1 atom stereocenters. The molecule has 19 heavy (non-hydrogen) atoms. The first-order chi connectivity index (χ1) is 9.29. The van der Waals surface area contributed by atoms with Crippen LogP contribution in [0.5, 0.6) is 0 Å². The lowest BCUT2D eigenvalue weighted by atomic mass is 10.1. The van der Waals surface area contributed by atoms with Crippen LogP contribution in [0.2, 0.25) is 0 Å². The van der Waals surface area contributed by atoms with Crippen LogP contribution in [-0.4, -0.2) is 16.4 Å². The number of fused-ring (bicyclic) bond motifs is 1. The van der Waals surface area contributed by atoms with Crippen LogP contribution < -0.4 is 0 Å². The monoisotopic (exact) mass is 258 g/mol. The number of rotatable bonds is 1. The number of hydrogen-bond donors (Lipinski definition) is 0. The van der Waals surface area contributed by atoms with E-state index in [1.807, 2.05) is 13.0 Å². The van der Waals surface area contributed by atoms with Gasteiger partial charge in [0.05, 0.1) is 6.20 Å². The predicted molar refractivity (Wildman–Crippen MR) is 71.1 cm³/mol. The van der Waals surface area contributed by atoms with Gasteiger partial charge in [0.25, 0.3) is 0 Å². The predicted octanol–water partition coefficient (Wildman–Crippen LogP) is 3.25. The molecule has 0 spiro atoms. The number of nitrogens with zero attached hydrogens (tertiary/aromatic N) is 2. The molecule has 3 nitrogen and oxygen atoms in total. The van der Waals surface area contributed by atoms with E-state index in [0.29, 0.717) is 17.7 Å². The summed E-state index contributed by atoms with van der Waals surface area (Å²) < 4.78 is 21.4. The fourth-order valence-corrected chi connectivity index (χ4v) is 2.38. The second kappa shape index (κ2) is 5.02. The van der Waals surface area contributed by atoms with Gasteiger partial charge in [-0.05, 0) is 25.0 Å². The molecule has 0 saturated carbocycles. The van der Waals surface area contributed by atoms with Crippen LogP contribution in [0.15, 0.2) is 18.3 Å². The Morgan fingerprint density at radius 1 is 1.53 bits per heavy atom. The summed E-state index contributed by atoms with van der Waals surface area (Å²) in [5, 5.41) is 5.04. The van der Waals surface area contributed by atoms with Gasteiger partial charge >= 0.3 is 0 Å². The first-order valence-corrected chi connectivity index (χ1v) is 6.57. The molecular weight excluding hydrogens is 243 g/mol. The Morgan fingerprint density at radius 2 is 2.42 bits per heavy atom. The molecule has 1 aliphatic heterocycles. The molecule has 1 aromatic carbocycles. The van der Waals surface area contributed by atoms with Gasteiger partial charge in [-0.1, -0.05) is 18.8 Å². The number of hydrogen-bond acceptors (Lipinski definition) is 2. The van der Waals surface area contributed by atoms with Crippen LogP contribution in [0.1, 0.15) is 38.0 Å². The average molecular weight is 258 g/mol. The maximum absolute atomic E-state index is 14.2. The van der Waals surface area contributed by atoms with E-state index in [4.69, 9.17) is 4.74 Å². The molecule has 2 heterocycles. The SMILES string of the molecule is CCC#Cc1cc(F)c2c(cnn2C2CCCO2)c1. The maximum atomic E-state index is 14.2. The number of halogens is 1. The van der Waals surface area contributed by atoms with Crippen LogP contribution >= 0.6 is 0 Å². The highest BCUT2D eigenvalue weighted by Crippen LogP contribution is 2.28. The average Bonchev–Trinajstić information content (AvgIpc) is 3.04. The van der Waals surface area contributed by atoms with E-state index in [1.165, 1.54) is 6.07 Å². The fourth-order valence-electron chi connectivity index (χ4n) is 2.38. The highest BCUT2D eigenvalue weighted by atomic mass is 19.1. The molecule has 1 fully saturated rings. The summed E-state index contributed by atoms with van der Waals surface area (Å²) in [4.78, 5) is 0. The van der Waals surface area contributed by atoms with E-state index in [-0.39, 0.29) is 12.0 Å². The molecule has 3 rings (SSSR count). The van der Waals surface area contributed by atoms with E-state index in [1.54, 1.807) is 10.9 Å². The lowest BCUT2D eigenvalue weighted by Gasteiger charge is -2.11. The lowest BCUT2D eigenvalue weighted by molar-refractivity contribution is 0.0499. The normalized spacial score (nSPS) is 18.5. The summed E-state index contributed by atoms with van der Waals surface area (Å²) >= 11 is 0. The van der Waals surface area contributed by atoms with E-state index < -0.39 is 0 Å². The van der Waals surface area contributed by atoms with Crippen molar-refractivity contribution < 1.29 is 9.13 Å². The molecule has 1 saturated heterocycles. The van der Waals surface area contributed by atoms with Crippen molar-refractivity contribution in [2.24, 2.45) is 0 Å². The highest BCUT2D eigenvalue weighted by Gasteiger charge is 2.21. The van der Waals surface area contributed by atoms with Crippen molar-refractivity contribution in [2.45, 2.75) is 32.4 Å². The van der Waals surface area contributed by atoms with Crippen LogP contribution in [0.4, 0.5) is 4.39 Å². The van der Waals surface area contributed by atoms with Gasteiger partial charge in [-0.3, -0.25) is 0 Å². The van der Waals surface area contributed by atoms with Crippen LogP contribution in [0.3, 0.4) is 0 Å². The van der Waals surface area contributed by atoms with Gasteiger partial charge in [0, 0.05) is 24.0 Å². The minimum atomic E-state index is -0.286. The zero-order valence-corrected chi connectivity index (χ0v) is 10.8. The Bertz CT molecular complexity index is 660. The molecule has 0 bridgehead atoms. The molecule has 0 N–H and O–H groups in total. The second-order valence-electron chi connectivity index (χ2n) is 4.61. The molecule has 4 heteroatoms. The highest BCUT2D eigenvalue weighted by molar-refractivity contribution is 5.81. The smallest absolute Gasteiger partial charge is 0.151 e. The van der Waals surface area contributed by atoms with Crippen LogP contribution in [0.25, 0.3) is 10.9 Å². The number of ether oxygens (including phenoxy) is 1. The summed E-state index contributed by atoms with van der Waals surface area (Å²) in [5.74, 6) is 5.61. The third-order valence-corrected chi connectivity index (χ3v) is 3.23. The van der Waals surface area contributed by atoms with Gasteiger partial charge in [-0.25, -0.2) is 9.07 Å². The van der Waals surface area contributed by atoms with Gasteiger partial charge in [0.1, 0.15) is 11.3 Å². The van der Waals surface area contributed by atoms with E-state index >= 15 is 0 Å². The Kier molecular flexibility index (Phi) is 3.22. The van der Waals surface area contributed by atoms with Crippen molar-refractivity contribution in [1.29, 1.82) is 0 Å². The molecule has 98 valence electrons. The third kappa shape index (κ3) is 2.22. The summed E-state index contributed by atoms with van der Waals surface area (Å²) in [6.07, 6.45) is 4.17. The molecule has 0 amide bonds. The topological polar surface area (TPSA) is 27.1 Å². The fraction of sp³-hybridized carbons (Fsp3) is 0.400. The standard InChI is InChI=1S/C15H15FN2O/c1-2-3-5-11-8-12-10-17-18(14-6-4-7-19-14)15(12)13(16)9-11/h8-10,14H,2,4,6-7H2,1H3. The Hall–Kier alpha value is -1.86. The minimum Gasteiger partial charge on any atom is -0.356 e. The van der Waals surface area contributed by atoms with Gasteiger partial charge < -0.3 is 4.74 Å². The van der Waals surface area contributed by atoms with Crippen molar-refractivity contribution in [2.75, 3.05) is 6.61 Å². The van der Waals surface area contributed by atoms with E-state index in [0.717, 1.165) is 24.6 Å². The first-order valence-electron chi connectivity index (χ1n) is 6.57. The quantitative estimate of drug-likeness (QED) is 0.734. The Morgan fingerprint density at radius 3 is 3.16 bits per heavy atom. The maximum Gasteiger partial charge on any atom is 0.151 e. The van der Waals surface area contributed by atoms with Gasteiger partial charge in [-0.15, -0.1) is 0 Å². The van der Waals surface area contributed by atoms with Crippen LogP contribution in [-0.2, 0) is 4.74 Å². The summed E-state index contributed by atoms with van der Waals surface area (Å²) in [5.41, 5.74) is 1.20. The lowest BCUT2D eigenvalue weighted by Crippen LogP contribution is -2.09. The molecule has 1 aliphatic rings. The minimum absolute atomic E-state index is 0.139. The first kappa shape index (κ1) is 12.2. The molecule has 2 aromatic rings. The summed E-state index contributed by atoms with van der Waals surface area (Å²) in [6.45, 7) is 2.69. The van der Waals surface area contributed by atoms with Gasteiger partial charge in [0.15, 0.2) is 6.23 Å². The molecule has 0 radical (unpaired) electrons. The van der Waals surface area contributed by atoms with Crippen molar-refractivity contribution in [3.8, 4) is 11.8 Å². The Labute approximate surface area is 111 Å². The van der Waals surface area contributed by atoms with Gasteiger partial charge in [-0.2, -0.15) is 5.10 Å². The second-order valence-corrected chi connectivity index (χ2v) is 4.61. The summed E-state index contributed by atoms with van der Waals surface area (Å²) in [6, 6.07) is 3.34. The molecule has 0 aliphatic carbocycles. The zero-order chi connectivity index (χ0) is 13.2. The molecule has 1 aromatic heterocycles. The van der Waals surface area contributed by atoms with Crippen molar-refractivity contribution in [3.63, 3.8) is 0 Å². The Balaban J connectivity index is 2.08. The third-order valence-electron chi connectivity index (χ3n) is 3.23. The van der Waals surface area contributed by atoms with Crippen molar-refractivity contribution >= 4 is 10.9 Å². The van der Waals surface area contributed by atoms with Crippen LogP contribution in [0, 0.1) is 17.7 Å². The van der Waals surface area contributed by atoms with Crippen molar-refractivity contribution in [1.82, 2.24) is 9.78 Å². The number of aromatic nitrogens is 2. The molecular formula is C15H15FN2O. The van der Waals surface area contributed by atoms with E-state index in [2.05, 4.69) is 16.9 Å². The van der Waals surface area contributed by atoms with E-state index in [9.17, 15) is 4.39 Å². The van der Waals surface area contributed by atoms with Gasteiger partial charge in [0.2, 0.25) is 0 Å². The van der Waals surface area contributed by atoms with Crippen molar-refractivity contribution in [3.05, 3.63) is 29.7 Å². The number of benzene rings is 1. The summed E-state index contributed by atoms with van der Waals surface area (Å²) in [7, 11) is 0.